The lowest BCUT2D eigenvalue weighted by Crippen LogP contribution is -2.00. The van der Waals surface area contributed by atoms with Crippen molar-refractivity contribution in [3.05, 3.63) is 43.8 Å². The molecule has 2 aromatic rings. The zero-order chi connectivity index (χ0) is 14.2. The fraction of sp³-hybridized carbons (Fsp3) is 0.231. The third-order valence-corrected chi connectivity index (χ3v) is 3.64. The second-order valence-electron chi connectivity index (χ2n) is 4.18. The SMILES string of the molecule is CC(=O)c1ccc(-c2nc(C)sc2C)cc1[N+](=O)[O-]. The van der Waals surface area contributed by atoms with E-state index in [-0.39, 0.29) is 17.0 Å². The van der Waals surface area contributed by atoms with Crippen molar-refractivity contribution in [3.8, 4) is 11.3 Å². The number of hydrogen-bond acceptors (Lipinski definition) is 5. The molecule has 0 aliphatic heterocycles. The second kappa shape index (κ2) is 4.89. The molecule has 19 heavy (non-hydrogen) atoms. The van der Waals surface area contributed by atoms with E-state index in [1.165, 1.54) is 19.1 Å². The molecule has 0 unspecified atom stereocenters. The van der Waals surface area contributed by atoms with Crippen LogP contribution in [0.1, 0.15) is 27.2 Å². The molecule has 1 aromatic heterocycles. The topological polar surface area (TPSA) is 73.1 Å². The summed E-state index contributed by atoms with van der Waals surface area (Å²) in [6, 6.07) is 4.60. The third kappa shape index (κ3) is 2.53. The van der Waals surface area contributed by atoms with Crippen LogP contribution in [-0.2, 0) is 0 Å². The standard InChI is InChI=1S/C13H12N2O3S/c1-7(16)11-5-4-10(6-12(11)15(17)18)13-8(2)19-9(3)14-13/h4-6H,1-3H3. The fourth-order valence-corrected chi connectivity index (χ4v) is 2.76. The van der Waals surface area contributed by atoms with Gasteiger partial charge in [0.05, 0.1) is 21.2 Å². The Morgan fingerprint density at radius 1 is 1.37 bits per heavy atom. The first-order valence-corrected chi connectivity index (χ1v) is 6.45. The quantitative estimate of drug-likeness (QED) is 0.488. The first-order valence-electron chi connectivity index (χ1n) is 5.64. The van der Waals surface area contributed by atoms with E-state index in [0.29, 0.717) is 5.56 Å². The number of aryl methyl sites for hydroxylation is 2. The number of nitro benzene ring substituents is 1. The molecule has 0 aliphatic carbocycles. The molecule has 0 aliphatic rings. The van der Waals surface area contributed by atoms with Crippen LogP contribution in [0.3, 0.4) is 0 Å². The van der Waals surface area contributed by atoms with Gasteiger partial charge in [-0.1, -0.05) is 6.07 Å². The summed E-state index contributed by atoms with van der Waals surface area (Å²) >= 11 is 1.54. The number of thiazole rings is 1. The molecule has 6 heteroatoms. The smallest absolute Gasteiger partial charge is 0.280 e. The molecule has 98 valence electrons. The number of rotatable bonds is 3. The predicted molar refractivity (Wildman–Crippen MR) is 73.7 cm³/mol. The largest absolute Gasteiger partial charge is 0.294 e. The summed E-state index contributed by atoms with van der Waals surface area (Å²) in [4.78, 5) is 27.2. The number of nitrogens with zero attached hydrogens (tertiary/aromatic N) is 2. The van der Waals surface area contributed by atoms with Crippen LogP contribution in [0, 0.1) is 24.0 Å². The number of hydrogen-bond donors (Lipinski definition) is 0. The molecule has 0 bridgehead atoms. The Balaban J connectivity index is 2.61. The molecule has 2 rings (SSSR count). The Morgan fingerprint density at radius 3 is 2.53 bits per heavy atom. The highest BCUT2D eigenvalue weighted by molar-refractivity contribution is 7.11. The van der Waals surface area contributed by atoms with Gasteiger partial charge in [0.2, 0.25) is 0 Å². The summed E-state index contributed by atoms with van der Waals surface area (Å²) in [5.74, 6) is -0.315. The van der Waals surface area contributed by atoms with E-state index < -0.39 is 4.92 Å². The van der Waals surface area contributed by atoms with Crippen LogP contribution in [0.5, 0.6) is 0 Å². The first-order chi connectivity index (χ1) is 8.90. The summed E-state index contributed by atoms with van der Waals surface area (Å²) in [6.45, 7) is 5.13. The highest BCUT2D eigenvalue weighted by atomic mass is 32.1. The minimum Gasteiger partial charge on any atom is -0.294 e. The van der Waals surface area contributed by atoms with Crippen molar-refractivity contribution in [3.63, 3.8) is 0 Å². The van der Waals surface area contributed by atoms with Gasteiger partial charge in [0.15, 0.2) is 5.78 Å². The maximum absolute atomic E-state index is 11.4. The average Bonchev–Trinajstić information content (AvgIpc) is 2.67. The van der Waals surface area contributed by atoms with Crippen LogP contribution in [0.4, 0.5) is 5.69 Å². The van der Waals surface area contributed by atoms with E-state index >= 15 is 0 Å². The van der Waals surface area contributed by atoms with E-state index in [1.54, 1.807) is 17.4 Å². The second-order valence-corrected chi connectivity index (χ2v) is 5.59. The van der Waals surface area contributed by atoms with Crippen LogP contribution >= 0.6 is 11.3 Å². The van der Waals surface area contributed by atoms with E-state index in [0.717, 1.165) is 15.6 Å². The van der Waals surface area contributed by atoms with E-state index in [9.17, 15) is 14.9 Å². The Kier molecular flexibility index (Phi) is 3.44. The molecule has 0 N–H and O–H groups in total. The van der Waals surface area contributed by atoms with Crippen molar-refractivity contribution >= 4 is 22.8 Å². The lowest BCUT2D eigenvalue weighted by atomic mass is 10.0. The van der Waals surface area contributed by atoms with Crippen molar-refractivity contribution in [2.24, 2.45) is 0 Å². The molecule has 5 nitrogen and oxygen atoms in total. The summed E-state index contributed by atoms with van der Waals surface area (Å²) in [5, 5.41) is 11.9. The number of carbonyl (C=O) groups is 1. The molecule has 0 atom stereocenters. The van der Waals surface area contributed by atoms with E-state index in [1.807, 2.05) is 13.8 Å². The van der Waals surface area contributed by atoms with Gasteiger partial charge in [-0.3, -0.25) is 14.9 Å². The maximum atomic E-state index is 11.4. The number of nitro groups is 1. The average molecular weight is 276 g/mol. The normalized spacial score (nSPS) is 10.5. The molecule has 0 spiro atoms. The molecule has 0 saturated heterocycles. The number of ketones is 1. The zero-order valence-corrected chi connectivity index (χ0v) is 11.6. The van der Waals surface area contributed by atoms with Gasteiger partial charge in [-0.05, 0) is 26.8 Å². The van der Waals surface area contributed by atoms with Gasteiger partial charge in [0.25, 0.3) is 5.69 Å². The van der Waals surface area contributed by atoms with Crippen LogP contribution < -0.4 is 0 Å². The van der Waals surface area contributed by atoms with Crippen LogP contribution in [0.15, 0.2) is 18.2 Å². The number of Topliss-reactive ketones (excluding diaryl/α,β-unsaturated/α-hetero) is 1. The molecule has 0 amide bonds. The Labute approximate surface area is 114 Å². The molecular weight excluding hydrogens is 264 g/mol. The first kappa shape index (κ1) is 13.4. The lowest BCUT2D eigenvalue weighted by Gasteiger charge is -2.02. The molecular formula is C13H12N2O3S. The number of carbonyl (C=O) groups excluding carboxylic acids is 1. The van der Waals surface area contributed by atoms with Gasteiger partial charge in [-0.2, -0.15) is 0 Å². The van der Waals surface area contributed by atoms with E-state index in [2.05, 4.69) is 4.98 Å². The maximum Gasteiger partial charge on any atom is 0.280 e. The Hall–Kier alpha value is -2.08. The molecule has 0 fully saturated rings. The van der Waals surface area contributed by atoms with Crippen molar-refractivity contribution in [1.29, 1.82) is 0 Å². The van der Waals surface area contributed by atoms with Crippen molar-refractivity contribution in [1.82, 2.24) is 4.98 Å². The third-order valence-electron chi connectivity index (χ3n) is 2.75. The summed E-state index contributed by atoms with van der Waals surface area (Å²) in [6.07, 6.45) is 0. The monoisotopic (exact) mass is 276 g/mol. The van der Waals surface area contributed by atoms with Crippen molar-refractivity contribution < 1.29 is 9.72 Å². The predicted octanol–water partition coefficient (Wildman–Crippen LogP) is 3.54. The Morgan fingerprint density at radius 2 is 2.05 bits per heavy atom. The highest BCUT2D eigenvalue weighted by Crippen LogP contribution is 2.31. The fourth-order valence-electron chi connectivity index (χ4n) is 1.92. The van der Waals surface area contributed by atoms with E-state index in [4.69, 9.17) is 0 Å². The van der Waals surface area contributed by atoms with Crippen LogP contribution in [0.25, 0.3) is 11.3 Å². The van der Waals surface area contributed by atoms with Crippen molar-refractivity contribution in [2.45, 2.75) is 20.8 Å². The van der Waals surface area contributed by atoms with Gasteiger partial charge in [0, 0.05) is 16.5 Å². The number of aromatic nitrogens is 1. The summed E-state index contributed by atoms with van der Waals surface area (Å²) < 4.78 is 0. The minimum atomic E-state index is -0.533. The molecule has 1 aromatic carbocycles. The minimum absolute atomic E-state index is 0.123. The zero-order valence-electron chi connectivity index (χ0n) is 10.8. The van der Waals surface area contributed by atoms with Gasteiger partial charge in [-0.15, -0.1) is 11.3 Å². The molecule has 0 radical (unpaired) electrons. The van der Waals surface area contributed by atoms with Gasteiger partial charge >= 0.3 is 0 Å². The van der Waals surface area contributed by atoms with Crippen LogP contribution in [0.2, 0.25) is 0 Å². The number of benzene rings is 1. The van der Waals surface area contributed by atoms with Crippen molar-refractivity contribution in [2.75, 3.05) is 0 Å². The molecule has 1 heterocycles. The van der Waals surface area contributed by atoms with Gasteiger partial charge in [-0.25, -0.2) is 4.98 Å². The summed E-state index contributed by atoms with van der Waals surface area (Å²) in [5.41, 5.74) is 1.35. The van der Waals surface area contributed by atoms with Gasteiger partial charge < -0.3 is 0 Å². The Bertz CT molecular complexity index is 677. The summed E-state index contributed by atoms with van der Waals surface area (Å²) in [7, 11) is 0. The lowest BCUT2D eigenvalue weighted by molar-refractivity contribution is -0.385. The van der Waals surface area contributed by atoms with Crippen LogP contribution in [-0.4, -0.2) is 15.7 Å². The van der Waals surface area contributed by atoms with Gasteiger partial charge in [0.1, 0.15) is 0 Å². The highest BCUT2D eigenvalue weighted by Gasteiger charge is 2.19. The molecule has 0 saturated carbocycles.